The molecule has 0 amide bonds. The number of carboxylic acids is 1. The van der Waals surface area contributed by atoms with E-state index in [4.69, 9.17) is 5.11 Å². The van der Waals surface area contributed by atoms with Crippen molar-refractivity contribution >= 4 is 17.1 Å². The van der Waals surface area contributed by atoms with Gasteiger partial charge in [0.25, 0.3) is 0 Å². The first-order valence-corrected chi connectivity index (χ1v) is 6.70. The molecular formula is C11H13NO3S. The first-order valence-electron chi connectivity index (χ1n) is 5.21. The zero-order chi connectivity index (χ0) is 11.5. The van der Waals surface area contributed by atoms with Gasteiger partial charge in [0.05, 0.1) is 0 Å². The van der Waals surface area contributed by atoms with Crippen molar-refractivity contribution in [3.05, 3.63) is 29.6 Å². The van der Waals surface area contributed by atoms with Crippen molar-refractivity contribution in [3.63, 3.8) is 0 Å². The average Bonchev–Trinajstić information content (AvgIpc) is 2.30. The van der Waals surface area contributed by atoms with E-state index in [9.17, 15) is 9.35 Å². The van der Waals surface area contributed by atoms with E-state index in [1.54, 1.807) is 6.20 Å². The van der Waals surface area contributed by atoms with Crippen LogP contribution in [0.1, 0.15) is 34.8 Å². The summed E-state index contributed by atoms with van der Waals surface area (Å²) < 4.78 is 11.2. The van der Waals surface area contributed by atoms with E-state index in [0.29, 0.717) is 5.92 Å². The summed E-state index contributed by atoms with van der Waals surface area (Å²) >= 11 is -0.661. The zero-order valence-corrected chi connectivity index (χ0v) is 9.57. The van der Waals surface area contributed by atoms with Gasteiger partial charge in [-0.25, -0.2) is 9.78 Å². The van der Waals surface area contributed by atoms with Crippen LogP contribution < -0.4 is 0 Å². The molecule has 1 N–H and O–H groups in total. The second kappa shape index (κ2) is 4.84. The highest BCUT2D eigenvalue weighted by Gasteiger charge is 2.23. The van der Waals surface area contributed by atoms with E-state index in [2.05, 4.69) is 4.98 Å². The van der Waals surface area contributed by atoms with Gasteiger partial charge in [-0.2, -0.15) is 0 Å². The third-order valence-electron chi connectivity index (χ3n) is 2.86. The maximum absolute atomic E-state index is 11.2. The highest BCUT2D eigenvalue weighted by atomic mass is 32.2. The van der Waals surface area contributed by atoms with Crippen molar-refractivity contribution in [1.82, 2.24) is 4.98 Å². The van der Waals surface area contributed by atoms with E-state index in [1.165, 1.54) is 6.07 Å². The molecule has 5 heteroatoms. The quantitative estimate of drug-likeness (QED) is 0.792. The molecule has 0 spiro atoms. The molecular weight excluding hydrogens is 226 g/mol. The fraction of sp³-hybridized carbons (Fsp3) is 0.455. The van der Waals surface area contributed by atoms with Gasteiger partial charge in [-0.3, -0.25) is 0 Å². The molecule has 1 saturated heterocycles. The molecule has 0 saturated carbocycles. The number of carbonyl (C=O) groups is 1. The third-order valence-corrected chi connectivity index (χ3v) is 4.25. The minimum atomic E-state index is -1.00. The molecule has 86 valence electrons. The number of nitrogens with zero attached hydrogens (tertiary/aromatic N) is 1. The maximum atomic E-state index is 11.2. The third kappa shape index (κ3) is 2.54. The summed E-state index contributed by atoms with van der Waals surface area (Å²) in [4.78, 5) is 14.5. The van der Waals surface area contributed by atoms with Crippen molar-refractivity contribution in [2.75, 3.05) is 11.5 Å². The van der Waals surface area contributed by atoms with E-state index in [1.807, 2.05) is 6.07 Å². The zero-order valence-electron chi connectivity index (χ0n) is 8.76. The second-order valence-electron chi connectivity index (χ2n) is 3.90. The first-order chi connectivity index (χ1) is 7.66. The lowest BCUT2D eigenvalue weighted by Gasteiger charge is -2.24. The molecule has 0 aromatic carbocycles. The Bertz CT molecular complexity index is 371. The Hall–Kier alpha value is -1.07. The van der Waals surface area contributed by atoms with Crippen molar-refractivity contribution in [1.29, 1.82) is 0 Å². The molecule has 2 rings (SSSR count). The Balaban J connectivity index is 2.07. The molecule has 4 nitrogen and oxygen atoms in total. The Morgan fingerprint density at radius 2 is 2.12 bits per heavy atom. The van der Waals surface area contributed by atoms with Gasteiger partial charge in [-0.1, -0.05) is 17.2 Å². The van der Waals surface area contributed by atoms with Crippen LogP contribution in [0.5, 0.6) is 0 Å². The predicted molar refractivity (Wildman–Crippen MR) is 61.0 cm³/mol. The first kappa shape index (κ1) is 11.4. The smallest absolute Gasteiger partial charge is 0.354 e. The minimum Gasteiger partial charge on any atom is -0.616 e. The van der Waals surface area contributed by atoms with Gasteiger partial charge < -0.3 is 9.66 Å². The van der Waals surface area contributed by atoms with Crippen LogP contribution in [-0.4, -0.2) is 32.1 Å². The fourth-order valence-electron chi connectivity index (χ4n) is 1.90. The molecule has 0 atom stereocenters. The van der Waals surface area contributed by atoms with Crippen LogP contribution in [0, 0.1) is 0 Å². The lowest BCUT2D eigenvalue weighted by atomic mass is 9.95. The normalized spacial score (nSPS) is 25.3. The summed E-state index contributed by atoms with van der Waals surface area (Å²) in [5.41, 5.74) is 1.13. The molecule has 1 aromatic rings. The molecule has 1 fully saturated rings. The monoisotopic (exact) mass is 239 g/mol. The van der Waals surface area contributed by atoms with Crippen LogP contribution >= 0.6 is 0 Å². The second-order valence-corrected chi connectivity index (χ2v) is 5.60. The summed E-state index contributed by atoms with van der Waals surface area (Å²) in [6.07, 6.45) is 3.43. The van der Waals surface area contributed by atoms with Gasteiger partial charge in [0, 0.05) is 6.20 Å². The molecule has 2 heterocycles. The lowest BCUT2D eigenvalue weighted by Crippen LogP contribution is -2.22. The number of aromatic carboxylic acids is 1. The SMILES string of the molecule is O=C(O)c1ccc(C2CC[S+]([O-])CC2)cn1. The van der Waals surface area contributed by atoms with Crippen molar-refractivity contribution < 1.29 is 14.5 Å². The van der Waals surface area contributed by atoms with Crippen LogP contribution in [0.3, 0.4) is 0 Å². The number of rotatable bonds is 2. The number of hydrogen-bond donors (Lipinski definition) is 1. The molecule has 0 bridgehead atoms. The minimum absolute atomic E-state index is 0.0723. The topological polar surface area (TPSA) is 73.2 Å². The van der Waals surface area contributed by atoms with Crippen LogP contribution in [0.25, 0.3) is 0 Å². The summed E-state index contributed by atoms with van der Waals surface area (Å²) in [6, 6.07) is 3.35. The van der Waals surface area contributed by atoms with Gasteiger partial charge in [-0.05, 0) is 30.4 Å². The van der Waals surface area contributed by atoms with Crippen molar-refractivity contribution in [2.24, 2.45) is 0 Å². The van der Waals surface area contributed by atoms with E-state index in [-0.39, 0.29) is 5.69 Å². The molecule has 1 aliphatic heterocycles. The Kier molecular flexibility index (Phi) is 3.46. The summed E-state index contributed by atoms with van der Waals surface area (Å²) in [7, 11) is 0. The Morgan fingerprint density at radius 1 is 1.44 bits per heavy atom. The molecule has 1 aliphatic rings. The summed E-state index contributed by atoms with van der Waals surface area (Å²) in [5.74, 6) is 0.862. The summed E-state index contributed by atoms with van der Waals surface area (Å²) in [5, 5.41) is 8.72. The lowest BCUT2D eigenvalue weighted by molar-refractivity contribution is 0.0690. The molecule has 16 heavy (non-hydrogen) atoms. The largest absolute Gasteiger partial charge is 0.616 e. The predicted octanol–water partition coefficient (Wildman–Crippen LogP) is 1.41. The van der Waals surface area contributed by atoms with E-state index >= 15 is 0 Å². The van der Waals surface area contributed by atoms with E-state index in [0.717, 1.165) is 29.9 Å². The Morgan fingerprint density at radius 3 is 2.62 bits per heavy atom. The Labute approximate surface area is 96.9 Å². The molecule has 0 aliphatic carbocycles. The van der Waals surface area contributed by atoms with Crippen molar-refractivity contribution in [3.8, 4) is 0 Å². The fourth-order valence-corrected chi connectivity index (χ4v) is 3.20. The van der Waals surface area contributed by atoms with Crippen molar-refractivity contribution in [2.45, 2.75) is 18.8 Å². The molecule has 0 radical (unpaired) electrons. The number of aromatic nitrogens is 1. The number of pyridine rings is 1. The highest BCUT2D eigenvalue weighted by Crippen LogP contribution is 2.28. The van der Waals surface area contributed by atoms with Gasteiger partial charge >= 0.3 is 5.97 Å². The average molecular weight is 239 g/mol. The van der Waals surface area contributed by atoms with E-state index < -0.39 is 17.1 Å². The standard InChI is InChI=1S/C11H13NO3S/c13-11(14)10-2-1-9(7-12-10)8-3-5-16(15)6-4-8/h1-2,7-8H,3-6H2,(H,13,14). The number of hydrogen-bond acceptors (Lipinski definition) is 3. The number of carboxylic acid groups (broad SMARTS) is 1. The molecule has 0 unspecified atom stereocenters. The van der Waals surface area contributed by atoms with Gasteiger partial charge in [0.1, 0.15) is 17.2 Å². The highest BCUT2D eigenvalue weighted by molar-refractivity contribution is 7.91. The maximum Gasteiger partial charge on any atom is 0.354 e. The van der Waals surface area contributed by atoms with Crippen LogP contribution in [0.4, 0.5) is 0 Å². The van der Waals surface area contributed by atoms with Gasteiger partial charge in [-0.15, -0.1) is 0 Å². The van der Waals surface area contributed by atoms with Crippen LogP contribution in [0.2, 0.25) is 0 Å². The summed E-state index contributed by atoms with van der Waals surface area (Å²) in [6.45, 7) is 0. The van der Waals surface area contributed by atoms with Crippen LogP contribution in [-0.2, 0) is 11.2 Å². The molecule has 1 aromatic heterocycles. The van der Waals surface area contributed by atoms with Gasteiger partial charge in [0.2, 0.25) is 0 Å². The van der Waals surface area contributed by atoms with Gasteiger partial charge in [0.15, 0.2) is 0 Å². The van der Waals surface area contributed by atoms with Crippen LogP contribution in [0.15, 0.2) is 18.3 Å².